The van der Waals surface area contributed by atoms with Crippen molar-refractivity contribution in [3.63, 3.8) is 0 Å². The molecule has 3 aromatic rings. The fourth-order valence-electron chi connectivity index (χ4n) is 2.46. The van der Waals surface area contributed by atoms with Crippen LogP contribution in [0.2, 0.25) is 0 Å². The minimum atomic E-state index is 0.0703. The summed E-state index contributed by atoms with van der Waals surface area (Å²) >= 11 is 3.48. The zero-order chi connectivity index (χ0) is 14.1. The molecule has 100 valence electrons. The van der Waals surface area contributed by atoms with Gasteiger partial charge in [0.1, 0.15) is 0 Å². The molecule has 1 heterocycles. The molecule has 2 nitrogen and oxygen atoms in total. The van der Waals surface area contributed by atoms with E-state index in [0.717, 1.165) is 33.0 Å². The van der Waals surface area contributed by atoms with Crippen LogP contribution in [0.1, 0.15) is 22.8 Å². The lowest BCUT2D eigenvalue weighted by molar-refractivity contribution is 0.104. The SMILES string of the molecule is CCn1cc(C(=O)c2ccccc2)c2cc(Br)ccc21. The van der Waals surface area contributed by atoms with E-state index in [1.54, 1.807) is 0 Å². The Bertz CT molecular complexity index is 774. The molecule has 1 aromatic heterocycles. The first-order valence-electron chi connectivity index (χ1n) is 6.59. The van der Waals surface area contributed by atoms with E-state index < -0.39 is 0 Å². The van der Waals surface area contributed by atoms with E-state index in [2.05, 4.69) is 27.4 Å². The van der Waals surface area contributed by atoms with Crippen LogP contribution in [0, 0.1) is 0 Å². The molecular weight excluding hydrogens is 314 g/mol. The van der Waals surface area contributed by atoms with E-state index in [-0.39, 0.29) is 5.78 Å². The molecule has 0 atom stereocenters. The number of carbonyl (C=O) groups excluding carboxylic acids is 1. The first-order valence-corrected chi connectivity index (χ1v) is 7.38. The smallest absolute Gasteiger partial charge is 0.195 e. The third-order valence-corrected chi connectivity index (χ3v) is 3.96. The monoisotopic (exact) mass is 327 g/mol. The maximum Gasteiger partial charge on any atom is 0.195 e. The molecule has 20 heavy (non-hydrogen) atoms. The van der Waals surface area contributed by atoms with Gasteiger partial charge in [0.25, 0.3) is 0 Å². The molecule has 0 saturated carbocycles. The highest BCUT2D eigenvalue weighted by Gasteiger charge is 2.16. The number of rotatable bonds is 3. The largest absolute Gasteiger partial charge is 0.347 e. The topological polar surface area (TPSA) is 22.0 Å². The molecular formula is C17H14BrNO. The van der Waals surface area contributed by atoms with Crippen molar-refractivity contribution in [1.29, 1.82) is 0 Å². The van der Waals surface area contributed by atoms with Gasteiger partial charge in [-0.1, -0.05) is 46.3 Å². The Morgan fingerprint density at radius 1 is 1.15 bits per heavy atom. The number of aromatic nitrogens is 1. The Hall–Kier alpha value is -1.87. The zero-order valence-electron chi connectivity index (χ0n) is 11.1. The fourth-order valence-corrected chi connectivity index (χ4v) is 2.82. The minimum absolute atomic E-state index is 0.0703. The lowest BCUT2D eigenvalue weighted by Crippen LogP contribution is -2.00. The number of halogens is 1. The molecule has 3 heteroatoms. The number of benzene rings is 2. The highest BCUT2D eigenvalue weighted by molar-refractivity contribution is 9.10. The van der Waals surface area contributed by atoms with Crippen LogP contribution < -0.4 is 0 Å². The molecule has 0 radical (unpaired) electrons. The number of hydrogen-bond acceptors (Lipinski definition) is 1. The Labute approximate surface area is 126 Å². The van der Waals surface area contributed by atoms with E-state index in [4.69, 9.17) is 0 Å². The van der Waals surface area contributed by atoms with Crippen LogP contribution in [-0.4, -0.2) is 10.4 Å². The van der Waals surface area contributed by atoms with Gasteiger partial charge in [-0.3, -0.25) is 4.79 Å². The fraction of sp³-hybridized carbons (Fsp3) is 0.118. The first kappa shape index (κ1) is 13.1. The zero-order valence-corrected chi connectivity index (χ0v) is 12.7. The predicted octanol–water partition coefficient (Wildman–Crippen LogP) is 4.65. The Morgan fingerprint density at radius 3 is 2.60 bits per heavy atom. The number of aryl methyl sites for hydroxylation is 1. The Balaban J connectivity index is 2.21. The van der Waals surface area contributed by atoms with E-state index in [1.807, 2.05) is 54.7 Å². The van der Waals surface area contributed by atoms with Gasteiger partial charge in [0.05, 0.1) is 0 Å². The maximum atomic E-state index is 12.7. The normalized spacial score (nSPS) is 10.9. The average Bonchev–Trinajstić information content (AvgIpc) is 2.85. The first-order chi connectivity index (χ1) is 9.70. The van der Waals surface area contributed by atoms with Crippen LogP contribution in [0.25, 0.3) is 10.9 Å². The average molecular weight is 328 g/mol. The summed E-state index contributed by atoms with van der Waals surface area (Å²) in [5.74, 6) is 0.0703. The molecule has 0 saturated heterocycles. The van der Waals surface area contributed by atoms with Crippen molar-refractivity contribution < 1.29 is 4.79 Å². The molecule has 0 spiro atoms. The van der Waals surface area contributed by atoms with Crippen molar-refractivity contribution in [3.05, 3.63) is 70.3 Å². The summed E-state index contributed by atoms with van der Waals surface area (Å²) < 4.78 is 3.10. The molecule has 3 rings (SSSR count). The summed E-state index contributed by atoms with van der Waals surface area (Å²) in [7, 11) is 0. The van der Waals surface area contributed by atoms with E-state index in [1.165, 1.54) is 0 Å². The van der Waals surface area contributed by atoms with Gasteiger partial charge in [0, 0.05) is 39.2 Å². The molecule has 2 aromatic carbocycles. The highest BCUT2D eigenvalue weighted by Crippen LogP contribution is 2.27. The lowest BCUT2D eigenvalue weighted by atomic mass is 10.0. The lowest BCUT2D eigenvalue weighted by Gasteiger charge is -2.00. The quantitative estimate of drug-likeness (QED) is 0.641. The van der Waals surface area contributed by atoms with Crippen molar-refractivity contribution in [2.75, 3.05) is 0 Å². The van der Waals surface area contributed by atoms with Gasteiger partial charge in [-0.05, 0) is 25.1 Å². The second kappa shape index (κ2) is 5.25. The van der Waals surface area contributed by atoms with Crippen LogP contribution >= 0.6 is 15.9 Å². The third-order valence-electron chi connectivity index (χ3n) is 3.46. The highest BCUT2D eigenvalue weighted by atomic mass is 79.9. The van der Waals surface area contributed by atoms with Crippen LogP contribution in [0.4, 0.5) is 0 Å². The minimum Gasteiger partial charge on any atom is -0.347 e. The van der Waals surface area contributed by atoms with Crippen molar-refractivity contribution in [1.82, 2.24) is 4.57 Å². The maximum absolute atomic E-state index is 12.7. The van der Waals surface area contributed by atoms with Gasteiger partial charge in [0.2, 0.25) is 0 Å². The molecule has 0 aliphatic rings. The number of carbonyl (C=O) groups is 1. The number of hydrogen-bond donors (Lipinski definition) is 0. The number of nitrogens with zero attached hydrogens (tertiary/aromatic N) is 1. The molecule has 0 aliphatic heterocycles. The van der Waals surface area contributed by atoms with E-state index in [0.29, 0.717) is 0 Å². The Morgan fingerprint density at radius 2 is 1.90 bits per heavy atom. The molecule has 0 bridgehead atoms. The molecule has 0 fully saturated rings. The van der Waals surface area contributed by atoms with Gasteiger partial charge >= 0.3 is 0 Å². The number of fused-ring (bicyclic) bond motifs is 1. The van der Waals surface area contributed by atoms with Crippen LogP contribution in [0.3, 0.4) is 0 Å². The number of ketones is 1. The van der Waals surface area contributed by atoms with E-state index >= 15 is 0 Å². The summed E-state index contributed by atoms with van der Waals surface area (Å²) in [6, 6.07) is 15.5. The molecule has 0 amide bonds. The van der Waals surface area contributed by atoms with Crippen molar-refractivity contribution >= 4 is 32.6 Å². The predicted molar refractivity (Wildman–Crippen MR) is 85.2 cm³/mol. The van der Waals surface area contributed by atoms with Crippen LogP contribution in [0.5, 0.6) is 0 Å². The van der Waals surface area contributed by atoms with Gasteiger partial charge < -0.3 is 4.57 Å². The van der Waals surface area contributed by atoms with Crippen molar-refractivity contribution in [3.8, 4) is 0 Å². The summed E-state index contributed by atoms with van der Waals surface area (Å²) in [5, 5.41) is 0.995. The summed E-state index contributed by atoms with van der Waals surface area (Å²) in [6.45, 7) is 2.93. The van der Waals surface area contributed by atoms with Gasteiger partial charge in [-0.25, -0.2) is 0 Å². The van der Waals surface area contributed by atoms with Crippen molar-refractivity contribution in [2.45, 2.75) is 13.5 Å². The standard InChI is InChI=1S/C17H14BrNO/c1-2-19-11-15(14-10-13(18)8-9-16(14)19)17(20)12-6-4-3-5-7-12/h3-11H,2H2,1H3. The Kier molecular flexibility index (Phi) is 3.45. The van der Waals surface area contributed by atoms with E-state index in [9.17, 15) is 4.79 Å². The van der Waals surface area contributed by atoms with Crippen LogP contribution in [-0.2, 0) is 6.54 Å². The van der Waals surface area contributed by atoms with Crippen LogP contribution in [0.15, 0.2) is 59.2 Å². The third kappa shape index (κ3) is 2.18. The van der Waals surface area contributed by atoms with Crippen molar-refractivity contribution in [2.24, 2.45) is 0 Å². The van der Waals surface area contributed by atoms with Gasteiger partial charge in [-0.2, -0.15) is 0 Å². The van der Waals surface area contributed by atoms with Gasteiger partial charge in [-0.15, -0.1) is 0 Å². The summed E-state index contributed by atoms with van der Waals surface area (Å²) in [4.78, 5) is 12.7. The second-order valence-electron chi connectivity index (χ2n) is 4.69. The van der Waals surface area contributed by atoms with Gasteiger partial charge in [0.15, 0.2) is 5.78 Å². The molecule has 0 aliphatic carbocycles. The second-order valence-corrected chi connectivity index (χ2v) is 5.60. The molecule has 0 unspecified atom stereocenters. The summed E-state index contributed by atoms with van der Waals surface area (Å²) in [5.41, 5.74) is 2.58. The molecule has 0 N–H and O–H groups in total. The summed E-state index contributed by atoms with van der Waals surface area (Å²) in [6.07, 6.45) is 1.95.